The Morgan fingerprint density at radius 1 is 1.25 bits per heavy atom. The van der Waals surface area contributed by atoms with Crippen molar-refractivity contribution in [2.75, 3.05) is 28.7 Å². The molecule has 1 aliphatic heterocycles. The van der Waals surface area contributed by atoms with Crippen molar-refractivity contribution >= 4 is 22.4 Å². The first-order valence-corrected chi connectivity index (χ1v) is 8.92. The second-order valence-corrected chi connectivity index (χ2v) is 6.79. The Hall–Kier alpha value is -1.17. The third-order valence-corrected chi connectivity index (χ3v) is 4.95. The van der Waals surface area contributed by atoms with Crippen LogP contribution in [-0.2, 0) is 17.2 Å². The van der Waals surface area contributed by atoms with E-state index in [-0.39, 0.29) is 0 Å². The quantitative estimate of drug-likeness (QED) is 0.842. The minimum absolute atomic E-state index is 0.381. The minimum Gasteiger partial charge on any atom is -0.370 e. The van der Waals surface area contributed by atoms with Gasteiger partial charge in [0.1, 0.15) is 18.0 Å². The van der Waals surface area contributed by atoms with E-state index in [1.54, 1.807) is 6.33 Å². The second kappa shape index (κ2) is 7.57. The van der Waals surface area contributed by atoms with Crippen molar-refractivity contribution in [3.8, 4) is 0 Å². The molecule has 1 saturated heterocycles. The Morgan fingerprint density at radius 2 is 1.95 bits per heavy atom. The summed E-state index contributed by atoms with van der Waals surface area (Å²) in [6.45, 7) is 5.18. The molecule has 2 rings (SSSR count). The summed E-state index contributed by atoms with van der Waals surface area (Å²) in [4.78, 5) is 8.74. The van der Waals surface area contributed by atoms with E-state index < -0.39 is 10.8 Å². The maximum atomic E-state index is 11.4. The SMILES string of the molecule is CCCNc1ncnc(NC2CCS(=O)CC2)c1CC. The molecule has 0 unspecified atom stereocenters. The van der Waals surface area contributed by atoms with Gasteiger partial charge in [0.2, 0.25) is 0 Å². The van der Waals surface area contributed by atoms with Gasteiger partial charge in [-0.1, -0.05) is 13.8 Å². The molecule has 6 heteroatoms. The molecule has 5 nitrogen and oxygen atoms in total. The number of nitrogens with one attached hydrogen (secondary N) is 2. The average molecular weight is 296 g/mol. The fourth-order valence-electron chi connectivity index (χ4n) is 2.40. The normalized spacial score (nSPS) is 22.5. The maximum absolute atomic E-state index is 11.4. The largest absolute Gasteiger partial charge is 0.370 e. The van der Waals surface area contributed by atoms with Gasteiger partial charge in [-0.25, -0.2) is 9.97 Å². The van der Waals surface area contributed by atoms with Gasteiger partial charge in [-0.15, -0.1) is 0 Å². The van der Waals surface area contributed by atoms with Gasteiger partial charge in [-0.2, -0.15) is 0 Å². The van der Waals surface area contributed by atoms with Crippen LogP contribution in [-0.4, -0.2) is 38.3 Å². The van der Waals surface area contributed by atoms with Gasteiger partial charge in [0.05, 0.1) is 0 Å². The Kier molecular flexibility index (Phi) is 5.76. The summed E-state index contributed by atoms with van der Waals surface area (Å²) in [6, 6.07) is 0.381. The average Bonchev–Trinajstić information content (AvgIpc) is 2.47. The first-order chi connectivity index (χ1) is 9.74. The first kappa shape index (κ1) is 15.2. The molecule has 1 aromatic rings. The molecule has 1 aromatic heterocycles. The zero-order chi connectivity index (χ0) is 14.4. The van der Waals surface area contributed by atoms with Crippen LogP contribution in [0.25, 0.3) is 0 Å². The van der Waals surface area contributed by atoms with E-state index in [9.17, 15) is 4.21 Å². The summed E-state index contributed by atoms with van der Waals surface area (Å²) in [5.41, 5.74) is 1.15. The number of hydrogen-bond donors (Lipinski definition) is 2. The van der Waals surface area contributed by atoms with Gasteiger partial charge in [-0.05, 0) is 25.7 Å². The Bertz CT molecular complexity index is 456. The fraction of sp³-hybridized carbons (Fsp3) is 0.714. The van der Waals surface area contributed by atoms with Crippen LogP contribution < -0.4 is 10.6 Å². The summed E-state index contributed by atoms with van der Waals surface area (Å²) in [7, 11) is -0.620. The van der Waals surface area contributed by atoms with Crippen LogP contribution >= 0.6 is 0 Å². The van der Waals surface area contributed by atoms with Gasteiger partial charge >= 0.3 is 0 Å². The van der Waals surface area contributed by atoms with Crippen LogP contribution in [0.1, 0.15) is 38.7 Å². The van der Waals surface area contributed by atoms with Crippen molar-refractivity contribution in [1.82, 2.24) is 9.97 Å². The van der Waals surface area contributed by atoms with E-state index in [4.69, 9.17) is 0 Å². The molecule has 0 radical (unpaired) electrons. The van der Waals surface area contributed by atoms with Gasteiger partial charge < -0.3 is 10.6 Å². The predicted molar refractivity (Wildman–Crippen MR) is 84.7 cm³/mol. The predicted octanol–water partition coefficient (Wildman–Crippen LogP) is 2.18. The highest BCUT2D eigenvalue weighted by Gasteiger charge is 2.19. The fourth-order valence-corrected chi connectivity index (χ4v) is 3.70. The van der Waals surface area contributed by atoms with E-state index in [1.165, 1.54) is 0 Å². The van der Waals surface area contributed by atoms with E-state index in [2.05, 4.69) is 34.4 Å². The second-order valence-electron chi connectivity index (χ2n) is 5.10. The Labute approximate surface area is 123 Å². The van der Waals surface area contributed by atoms with Crippen LogP contribution in [0.2, 0.25) is 0 Å². The molecule has 0 spiro atoms. The number of aromatic nitrogens is 2. The number of hydrogen-bond acceptors (Lipinski definition) is 5. The lowest BCUT2D eigenvalue weighted by molar-refractivity contribution is 0.621. The molecule has 112 valence electrons. The number of rotatable bonds is 6. The smallest absolute Gasteiger partial charge is 0.134 e. The van der Waals surface area contributed by atoms with Gasteiger partial charge in [-0.3, -0.25) is 4.21 Å². The van der Waals surface area contributed by atoms with Crippen LogP contribution in [0.15, 0.2) is 6.33 Å². The maximum Gasteiger partial charge on any atom is 0.134 e. The van der Waals surface area contributed by atoms with E-state index >= 15 is 0 Å². The van der Waals surface area contributed by atoms with E-state index in [1.807, 2.05) is 0 Å². The number of nitrogens with zero attached hydrogens (tertiary/aromatic N) is 2. The van der Waals surface area contributed by atoms with Crippen molar-refractivity contribution in [2.24, 2.45) is 0 Å². The Balaban J connectivity index is 2.08. The van der Waals surface area contributed by atoms with Crippen molar-refractivity contribution < 1.29 is 4.21 Å². The summed E-state index contributed by atoms with van der Waals surface area (Å²) in [5.74, 6) is 3.46. The standard InChI is InChI=1S/C14H24N4OS/c1-3-7-15-13-12(4-2)14(17-10-16-13)18-11-5-8-20(19)9-6-11/h10-11H,3-9H2,1-2H3,(H2,15,16,17,18). The zero-order valence-corrected chi connectivity index (χ0v) is 13.1. The Morgan fingerprint density at radius 3 is 2.60 bits per heavy atom. The lowest BCUT2D eigenvalue weighted by Crippen LogP contribution is -2.30. The highest BCUT2D eigenvalue weighted by Crippen LogP contribution is 2.23. The van der Waals surface area contributed by atoms with Gasteiger partial charge in [0, 0.05) is 40.5 Å². The van der Waals surface area contributed by atoms with Crippen molar-refractivity contribution in [3.63, 3.8) is 0 Å². The highest BCUT2D eigenvalue weighted by atomic mass is 32.2. The molecule has 2 heterocycles. The van der Waals surface area contributed by atoms with Crippen LogP contribution in [0.3, 0.4) is 0 Å². The molecular weight excluding hydrogens is 272 g/mol. The summed E-state index contributed by atoms with van der Waals surface area (Å²) in [5, 5.41) is 6.87. The molecular formula is C14H24N4OS. The minimum atomic E-state index is -0.620. The lowest BCUT2D eigenvalue weighted by Gasteiger charge is -2.24. The molecule has 2 N–H and O–H groups in total. The molecule has 0 bridgehead atoms. The monoisotopic (exact) mass is 296 g/mol. The molecule has 20 heavy (non-hydrogen) atoms. The lowest BCUT2D eigenvalue weighted by atomic mass is 10.1. The van der Waals surface area contributed by atoms with Crippen LogP contribution in [0.5, 0.6) is 0 Å². The molecule has 0 aliphatic carbocycles. The summed E-state index contributed by atoms with van der Waals surface area (Å²) < 4.78 is 11.4. The highest BCUT2D eigenvalue weighted by molar-refractivity contribution is 7.85. The number of anilines is 2. The molecule has 1 aliphatic rings. The molecule has 0 saturated carbocycles. The van der Waals surface area contributed by atoms with Crippen molar-refractivity contribution in [3.05, 3.63) is 11.9 Å². The molecule has 1 fully saturated rings. The van der Waals surface area contributed by atoms with E-state index in [0.717, 1.165) is 60.9 Å². The van der Waals surface area contributed by atoms with Crippen molar-refractivity contribution in [1.29, 1.82) is 0 Å². The van der Waals surface area contributed by atoms with Gasteiger partial charge in [0.15, 0.2) is 0 Å². The first-order valence-electron chi connectivity index (χ1n) is 7.43. The zero-order valence-electron chi connectivity index (χ0n) is 12.3. The topological polar surface area (TPSA) is 66.9 Å². The van der Waals surface area contributed by atoms with E-state index in [0.29, 0.717) is 6.04 Å². The summed E-state index contributed by atoms with van der Waals surface area (Å²) >= 11 is 0. The molecule has 0 amide bonds. The van der Waals surface area contributed by atoms with Crippen molar-refractivity contribution in [2.45, 2.75) is 45.6 Å². The third-order valence-electron chi connectivity index (χ3n) is 3.57. The third kappa shape index (κ3) is 3.91. The van der Waals surface area contributed by atoms with Crippen LogP contribution in [0.4, 0.5) is 11.6 Å². The van der Waals surface area contributed by atoms with Gasteiger partial charge in [0.25, 0.3) is 0 Å². The van der Waals surface area contributed by atoms with Crippen LogP contribution in [0, 0.1) is 0 Å². The molecule has 0 atom stereocenters. The molecule has 0 aromatic carbocycles. The summed E-state index contributed by atoms with van der Waals surface area (Å²) in [6.07, 6.45) is 5.49.